The van der Waals surface area contributed by atoms with Crippen molar-refractivity contribution >= 4 is 17.5 Å². The zero-order chi connectivity index (χ0) is 13.0. The quantitative estimate of drug-likeness (QED) is 0.883. The molecular formula is C14H19ClN2O. The smallest absolute Gasteiger partial charge is 0.221 e. The number of benzene rings is 1. The molecule has 0 radical (unpaired) electrons. The molecule has 0 saturated carbocycles. The fourth-order valence-electron chi connectivity index (χ4n) is 2.32. The van der Waals surface area contributed by atoms with Crippen LogP contribution in [0.15, 0.2) is 24.3 Å². The lowest BCUT2D eigenvalue weighted by molar-refractivity contribution is -0.121. The van der Waals surface area contributed by atoms with E-state index in [-0.39, 0.29) is 18.0 Å². The van der Waals surface area contributed by atoms with E-state index in [0.29, 0.717) is 6.42 Å². The molecule has 1 heterocycles. The third-order valence-corrected chi connectivity index (χ3v) is 3.59. The molecule has 2 unspecified atom stereocenters. The van der Waals surface area contributed by atoms with Gasteiger partial charge in [-0.3, -0.25) is 4.79 Å². The molecule has 2 rings (SSSR count). The van der Waals surface area contributed by atoms with E-state index in [1.54, 1.807) is 0 Å². The number of carbonyl (C=O) groups excluding carboxylic acids is 1. The molecule has 0 bridgehead atoms. The van der Waals surface area contributed by atoms with Crippen LogP contribution < -0.4 is 10.6 Å². The van der Waals surface area contributed by atoms with Crippen molar-refractivity contribution in [1.82, 2.24) is 10.6 Å². The summed E-state index contributed by atoms with van der Waals surface area (Å²) in [6, 6.07) is 8.34. The van der Waals surface area contributed by atoms with Crippen molar-refractivity contribution in [3.05, 3.63) is 34.9 Å². The van der Waals surface area contributed by atoms with Crippen LogP contribution >= 0.6 is 11.6 Å². The monoisotopic (exact) mass is 266 g/mol. The first-order valence-electron chi connectivity index (χ1n) is 6.43. The number of amides is 1. The molecule has 3 nitrogen and oxygen atoms in total. The van der Waals surface area contributed by atoms with Gasteiger partial charge in [0.05, 0.1) is 0 Å². The van der Waals surface area contributed by atoms with E-state index < -0.39 is 0 Å². The second-order valence-corrected chi connectivity index (χ2v) is 5.27. The Kier molecular flexibility index (Phi) is 4.61. The highest BCUT2D eigenvalue weighted by Crippen LogP contribution is 2.18. The maximum atomic E-state index is 11.5. The van der Waals surface area contributed by atoms with Gasteiger partial charge in [0.15, 0.2) is 0 Å². The molecule has 2 N–H and O–H groups in total. The van der Waals surface area contributed by atoms with Crippen LogP contribution in [-0.2, 0) is 4.79 Å². The summed E-state index contributed by atoms with van der Waals surface area (Å²) < 4.78 is 0. The first kappa shape index (κ1) is 13.4. The molecule has 1 saturated heterocycles. The van der Waals surface area contributed by atoms with Crippen molar-refractivity contribution in [2.24, 2.45) is 0 Å². The number of rotatable bonds is 3. The number of nitrogens with one attached hydrogen (secondary N) is 2. The molecule has 0 spiro atoms. The topological polar surface area (TPSA) is 41.1 Å². The molecule has 1 aliphatic rings. The standard InChI is InChI=1S/C14H19ClN2O/c1-10(11-4-6-12(15)7-5-11)17-13-3-2-8-16-14(18)9-13/h4-7,10,13,17H,2-3,8-9H2,1H3,(H,16,18). The molecule has 98 valence electrons. The predicted octanol–water partition coefficient (Wildman–Crippen LogP) is 2.66. The summed E-state index contributed by atoms with van der Waals surface area (Å²) in [5.74, 6) is 0.147. The summed E-state index contributed by atoms with van der Waals surface area (Å²) in [5.41, 5.74) is 1.20. The Morgan fingerprint density at radius 1 is 1.39 bits per heavy atom. The van der Waals surface area contributed by atoms with Gasteiger partial charge >= 0.3 is 0 Å². The molecule has 1 fully saturated rings. The van der Waals surface area contributed by atoms with Crippen molar-refractivity contribution in [3.63, 3.8) is 0 Å². The first-order valence-corrected chi connectivity index (χ1v) is 6.81. The summed E-state index contributed by atoms with van der Waals surface area (Å²) in [6.45, 7) is 2.92. The predicted molar refractivity (Wildman–Crippen MR) is 73.7 cm³/mol. The second kappa shape index (κ2) is 6.21. The molecule has 18 heavy (non-hydrogen) atoms. The second-order valence-electron chi connectivity index (χ2n) is 4.83. The Morgan fingerprint density at radius 2 is 2.11 bits per heavy atom. The van der Waals surface area contributed by atoms with Gasteiger partial charge in [-0.05, 0) is 37.5 Å². The molecule has 2 atom stereocenters. The summed E-state index contributed by atoms with van der Waals surface area (Å²) in [4.78, 5) is 11.5. The van der Waals surface area contributed by atoms with Crippen molar-refractivity contribution in [1.29, 1.82) is 0 Å². The minimum absolute atomic E-state index is 0.147. The Hall–Kier alpha value is -1.06. The van der Waals surface area contributed by atoms with E-state index in [4.69, 9.17) is 11.6 Å². The third-order valence-electron chi connectivity index (χ3n) is 3.34. The van der Waals surface area contributed by atoms with Crippen LogP contribution in [0.3, 0.4) is 0 Å². The molecule has 0 aromatic heterocycles. The van der Waals surface area contributed by atoms with Crippen LogP contribution in [-0.4, -0.2) is 18.5 Å². The molecular weight excluding hydrogens is 248 g/mol. The number of hydrogen-bond acceptors (Lipinski definition) is 2. The van der Waals surface area contributed by atoms with Crippen LogP contribution in [0.2, 0.25) is 5.02 Å². The van der Waals surface area contributed by atoms with Crippen LogP contribution in [0.5, 0.6) is 0 Å². The number of carbonyl (C=O) groups is 1. The summed E-state index contributed by atoms with van der Waals surface area (Å²) >= 11 is 5.88. The minimum Gasteiger partial charge on any atom is -0.356 e. The third kappa shape index (κ3) is 3.72. The van der Waals surface area contributed by atoms with E-state index in [9.17, 15) is 4.79 Å². The molecule has 1 aromatic carbocycles. The lowest BCUT2D eigenvalue weighted by atomic mass is 10.0. The van der Waals surface area contributed by atoms with Gasteiger partial charge in [-0.2, -0.15) is 0 Å². The summed E-state index contributed by atoms with van der Waals surface area (Å²) in [5, 5.41) is 7.17. The van der Waals surface area contributed by atoms with Crippen molar-refractivity contribution in [3.8, 4) is 0 Å². The van der Waals surface area contributed by atoms with Gasteiger partial charge in [0.25, 0.3) is 0 Å². The Bertz CT molecular complexity index is 405. The van der Waals surface area contributed by atoms with Crippen molar-refractivity contribution in [2.75, 3.05) is 6.54 Å². The summed E-state index contributed by atoms with van der Waals surface area (Å²) in [7, 11) is 0. The SMILES string of the molecule is CC(NC1CCCNC(=O)C1)c1ccc(Cl)cc1. The van der Waals surface area contributed by atoms with Gasteiger partial charge in [-0.15, -0.1) is 0 Å². The van der Waals surface area contributed by atoms with Crippen LogP contribution in [0.4, 0.5) is 0 Å². The van der Waals surface area contributed by atoms with E-state index in [0.717, 1.165) is 24.4 Å². The van der Waals surface area contributed by atoms with Gasteiger partial charge < -0.3 is 10.6 Å². The van der Waals surface area contributed by atoms with Gasteiger partial charge in [0.1, 0.15) is 0 Å². The number of hydrogen-bond donors (Lipinski definition) is 2. The fourth-order valence-corrected chi connectivity index (χ4v) is 2.44. The van der Waals surface area contributed by atoms with Gasteiger partial charge in [0, 0.05) is 30.1 Å². The maximum Gasteiger partial charge on any atom is 0.221 e. The van der Waals surface area contributed by atoms with Gasteiger partial charge in [-0.25, -0.2) is 0 Å². The largest absolute Gasteiger partial charge is 0.356 e. The molecule has 1 aromatic rings. The lowest BCUT2D eigenvalue weighted by Gasteiger charge is -2.21. The number of halogens is 1. The highest BCUT2D eigenvalue weighted by molar-refractivity contribution is 6.30. The van der Waals surface area contributed by atoms with Crippen molar-refractivity contribution in [2.45, 2.75) is 38.3 Å². The van der Waals surface area contributed by atoms with E-state index in [2.05, 4.69) is 17.6 Å². The van der Waals surface area contributed by atoms with E-state index in [1.165, 1.54) is 5.56 Å². The zero-order valence-corrected chi connectivity index (χ0v) is 11.3. The Morgan fingerprint density at radius 3 is 2.83 bits per heavy atom. The highest BCUT2D eigenvalue weighted by Gasteiger charge is 2.19. The van der Waals surface area contributed by atoms with E-state index in [1.807, 2.05) is 24.3 Å². The Labute approximate surface area is 113 Å². The van der Waals surface area contributed by atoms with Crippen molar-refractivity contribution < 1.29 is 4.79 Å². The molecule has 1 amide bonds. The van der Waals surface area contributed by atoms with Crippen LogP contribution in [0, 0.1) is 0 Å². The van der Waals surface area contributed by atoms with Gasteiger partial charge in [0.2, 0.25) is 5.91 Å². The average Bonchev–Trinajstić information content (AvgIpc) is 2.54. The molecule has 0 aliphatic carbocycles. The molecule has 1 aliphatic heterocycles. The van der Waals surface area contributed by atoms with Crippen LogP contribution in [0.25, 0.3) is 0 Å². The fraction of sp³-hybridized carbons (Fsp3) is 0.500. The lowest BCUT2D eigenvalue weighted by Crippen LogP contribution is -2.34. The van der Waals surface area contributed by atoms with E-state index >= 15 is 0 Å². The first-order chi connectivity index (χ1) is 8.65. The normalized spacial score (nSPS) is 22.1. The zero-order valence-electron chi connectivity index (χ0n) is 10.6. The average molecular weight is 267 g/mol. The summed E-state index contributed by atoms with van der Waals surface area (Å²) in [6.07, 6.45) is 2.64. The molecule has 4 heteroatoms. The van der Waals surface area contributed by atoms with Crippen LogP contribution in [0.1, 0.15) is 37.8 Å². The Balaban J connectivity index is 1.95. The van der Waals surface area contributed by atoms with Gasteiger partial charge in [-0.1, -0.05) is 23.7 Å². The minimum atomic E-state index is 0.147. The highest BCUT2D eigenvalue weighted by atomic mass is 35.5. The maximum absolute atomic E-state index is 11.5.